The molecule has 8 nitrogen and oxygen atoms in total. The van der Waals surface area contributed by atoms with Gasteiger partial charge < -0.3 is 15.1 Å². The van der Waals surface area contributed by atoms with Crippen LogP contribution in [0, 0.1) is 5.41 Å². The van der Waals surface area contributed by atoms with Crippen LogP contribution in [-0.4, -0.2) is 67.0 Å². The van der Waals surface area contributed by atoms with Gasteiger partial charge in [-0.05, 0) is 23.3 Å². The van der Waals surface area contributed by atoms with Crippen LogP contribution in [0.15, 0.2) is 6.33 Å². The Balaban J connectivity index is 1.87. The van der Waals surface area contributed by atoms with Gasteiger partial charge in [-0.15, -0.1) is 5.10 Å². The van der Waals surface area contributed by atoms with Crippen LogP contribution in [0.25, 0.3) is 0 Å². The lowest BCUT2D eigenvalue weighted by Crippen LogP contribution is -2.54. The second kappa shape index (κ2) is 6.95. The number of hydrogen-bond acceptors (Lipinski definition) is 6. The van der Waals surface area contributed by atoms with E-state index in [4.69, 9.17) is 0 Å². The Kier molecular flexibility index (Phi) is 5.24. The van der Waals surface area contributed by atoms with E-state index >= 15 is 0 Å². The van der Waals surface area contributed by atoms with Gasteiger partial charge in [-0.25, -0.2) is 4.68 Å². The highest BCUT2D eigenvalue weighted by atomic mass is 16.3. The standard InChI is InChI=1S/C13H23N5O3/c1-2-4-13(9-19)5-7-17(8-11(13)20)12(21)3-6-18-10-14-15-16-18/h10-11,19-20H,2-9H2,1H3/t11-,13+/m0/s1. The van der Waals surface area contributed by atoms with Crippen molar-refractivity contribution in [2.45, 2.75) is 45.3 Å². The summed E-state index contributed by atoms with van der Waals surface area (Å²) < 4.78 is 1.51. The van der Waals surface area contributed by atoms with E-state index < -0.39 is 11.5 Å². The van der Waals surface area contributed by atoms with Crippen molar-refractivity contribution in [3.8, 4) is 0 Å². The van der Waals surface area contributed by atoms with Crippen LogP contribution in [0.2, 0.25) is 0 Å². The Labute approximate surface area is 123 Å². The molecule has 1 aromatic heterocycles. The second-order valence-electron chi connectivity index (χ2n) is 5.70. The Hall–Kier alpha value is -1.54. The first kappa shape index (κ1) is 15.8. The lowest BCUT2D eigenvalue weighted by Gasteiger charge is -2.44. The van der Waals surface area contributed by atoms with Crippen LogP contribution >= 0.6 is 0 Å². The van der Waals surface area contributed by atoms with Crippen molar-refractivity contribution >= 4 is 5.91 Å². The number of aromatic nitrogens is 4. The van der Waals surface area contributed by atoms with Gasteiger partial charge in [0.1, 0.15) is 6.33 Å². The van der Waals surface area contributed by atoms with Crippen molar-refractivity contribution in [3.05, 3.63) is 6.33 Å². The highest BCUT2D eigenvalue weighted by Crippen LogP contribution is 2.36. The maximum atomic E-state index is 12.2. The lowest BCUT2D eigenvalue weighted by atomic mass is 9.73. The molecule has 2 rings (SSSR count). The summed E-state index contributed by atoms with van der Waals surface area (Å²) in [6.07, 6.45) is 3.42. The van der Waals surface area contributed by atoms with E-state index in [0.717, 1.165) is 12.8 Å². The van der Waals surface area contributed by atoms with Gasteiger partial charge in [0.25, 0.3) is 0 Å². The van der Waals surface area contributed by atoms with Gasteiger partial charge in [-0.2, -0.15) is 0 Å². The van der Waals surface area contributed by atoms with E-state index in [-0.39, 0.29) is 19.1 Å². The molecule has 21 heavy (non-hydrogen) atoms. The van der Waals surface area contributed by atoms with Gasteiger partial charge in [0, 0.05) is 24.9 Å². The third kappa shape index (κ3) is 3.56. The number of hydrogen-bond donors (Lipinski definition) is 2. The summed E-state index contributed by atoms with van der Waals surface area (Å²) in [5.41, 5.74) is -0.457. The smallest absolute Gasteiger partial charge is 0.224 e. The van der Waals surface area contributed by atoms with Crippen molar-refractivity contribution in [3.63, 3.8) is 0 Å². The number of likely N-dealkylation sites (tertiary alicyclic amines) is 1. The van der Waals surface area contributed by atoms with E-state index in [1.807, 2.05) is 6.92 Å². The minimum absolute atomic E-state index is 0.0208. The molecule has 1 saturated heterocycles. The van der Waals surface area contributed by atoms with E-state index in [1.165, 1.54) is 11.0 Å². The van der Waals surface area contributed by atoms with Gasteiger partial charge in [-0.1, -0.05) is 13.3 Å². The molecular formula is C13H23N5O3. The number of amides is 1. The van der Waals surface area contributed by atoms with Gasteiger partial charge in [0.15, 0.2) is 0 Å². The number of nitrogens with zero attached hydrogens (tertiary/aromatic N) is 5. The molecule has 0 bridgehead atoms. The average molecular weight is 297 g/mol. The topological polar surface area (TPSA) is 104 Å². The molecule has 0 unspecified atom stereocenters. The van der Waals surface area contributed by atoms with Gasteiger partial charge in [0.05, 0.1) is 19.3 Å². The molecule has 0 aliphatic carbocycles. The molecule has 2 atom stereocenters. The van der Waals surface area contributed by atoms with Crippen molar-refractivity contribution in [2.75, 3.05) is 19.7 Å². The largest absolute Gasteiger partial charge is 0.396 e. The number of rotatable bonds is 6. The highest BCUT2D eigenvalue weighted by Gasteiger charge is 2.42. The molecule has 1 amide bonds. The minimum Gasteiger partial charge on any atom is -0.396 e. The first-order valence-corrected chi connectivity index (χ1v) is 7.39. The molecule has 2 N–H and O–H groups in total. The van der Waals surface area contributed by atoms with Gasteiger partial charge in [-0.3, -0.25) is 4.79 Å². The number of β-amino-alcohol motifs (C(OH)–C–C–N with tert-alkyl or cyclic N) is 1. The van der Waals surface area contributed by atoms with Crippen molar-refractivity contribution in [2.24, 2.45) is 5.41 Å². The number of carbonyl (C=O) groups excluding carboxylic acids is 1. The SMILES string of the molecule is CCC[C@]1(CO)CCN(C(=O)CCn2cnnn2)C[C@@H]1O. The fourth-order valence-electron chi connectivity index (χ4n) is 2.95. The maximum absolute atomic E-state index is 12.2. The zero-order valence-corrected chi connectivity index (χ0v) is 12.4. The van der Waals surface area contributed by atoms with Gasteiger partial charge in [0.2, 0.25) is 5.91 Å². The van der Waals surface area contributed by atoms with E-state index in [0.29, 0.717) is 25.9 Å². The molecule has 0 spiro atoms. The zero-order chi connectivity index (χ0) is 15.3. The molecule has 1 aliphatic rings. The molecule has 0 aromatic carbocycles. The number of carbonyl (C=O) groups is 1. The third-order valence-corrected chi connectivity index (χ3v) is 4.34. The van der Waals surface area contributed by atoms with Gasteiger partial charge >= 0.3 is 0 Å². The summed E-state index contributed by atoms with van der Waals surface area (Å²) in [6.45, 7) is 3.29. The first-order chi connectivity index (χ1) is 10.1. The quantitative estimate of drug-likeness (QED) is 0.729. The Morgan fingerprint density at radius 3 is 2.90 bits per heavy atom. The number of aliphatic hydroxyl groups excluding tert-OH is 2. The number of aliphatic hydroxyl groups is 2. The molecule has 8 heteroatoms. The van der Waals surface area contributed by atoms with Crippen LogP contribution in [0.1, 0.15) is 32.6 Å². The van der Waals surface area contributed by atoms with Crippen molar-refractivity contribution in [1.29, 1.82) is 0 Å². The van der Waals surface area contributed by atoms with Crippen molar-refractivity contribution < 1.29 is 15.0 Å². The van der Waals surface area contributed by atoms with Crippen LogP contribution < -0.4 is 0 Å². The summed E-state index contributed by atoms with van der Waals surface area (Å²) in [4.78, 5) is 13.8. The molecule has 0 saturated carbocycles. The summed E-state index contributed by atoms with van der Waals surface area (Å²) in [5, 5.41) is 30.7. The third-order valence-electron chi connectivity index (χ3n) is 4.34. The second-order valence-corrected chi connectivity index (χ2v) is 5.70. The van der Waals surface area contributed by atoms with Crippen LogP contribution in [0.3, 0.4) is 0 Å². The monoisotopic (exact) mass is 297 g/mol. The predicted octanol–water partition coefficient (Wildman–Crippen LogP) is -0.565. The summed E-state index contributed by atoms with van der Waals surface area (Å²) in [5.74, 6) is -0.0208. The van der Waals surface area contributed by atoms with Crippen LogP contribution in [0.4, 0.5) is 0 Å². The number of aryl methyl sites for hydroxylation is 1. The molecule has 0 radical (unpaired) electrons. The van der Waals surface area contributed by atoms with E-state index in [9.17, 15) is 15.0 Å². The van der Waals surface area contributed by atoms with Crippen LogP contribution in [0.5, 0.6) is 0 Å². The summed E-state index contributed by atoms with van der Waals surface area (Å²) in [7, 11) is 0. The van der Waals surface area contributed by atoms with Crippen LogP contribution in [-0.2, 0) is 11.3 Å². The number of tetrazole rings is 1. The Morgan fingerprint density at radius 1 is 1.52 bits per heavy atom. The molecule has 1 aliphatic heterocycles. The maximum Gasteiger partial charge on any atom is 0.224 e. The minimum atomic E-state index is -0.673. The molecule has 1 aromatic rings. The molecule has 1 fully saturated rings. The summed E-state index contributed by atoms with van der Waals surface area (Å²) in [6, 6.07) is 0. The fraction of sp³-hybridized carbons (Fsp3) is 0.846. The highest BCUT2D eigenvalue weighted by molar-refractivity contribution is 5.76. The molecule has 2 heterocycles. The Morgan fingerprint density at radius 2 is 2.33 bits per heavy atom. The van der Waals surface area contributed by atoms with E-state index in [2.05, 4.69) is 15.5 Å². The normalized spacial score (nSPS) is 26.0. The number of piperidine rings is 1. The Bertz CT molecular complexity index is 453. The van der Waals surface area contributed by atoms with Crippen molar-refractivity contribution in [1.82, 2.24) is 25.1 Å². The summed E-state index contributed by atoms with van der Waals surface area (Å²) >= 11 is 0. The average Bonchev–Trinajstić information content (AvgIpc) is 3.00. The molecular weight excluding hydrogens is 274 g/mol. The lowest BCUT2D eigenvalue weighted by molar-refractivity contribution is -0.142. The predicted molar refractivity (Wildman–Crippen MR) is 74.1 cm³/mol. The van der Waals surface area contributed by atoms with E-state index in [1.54, 1.807) is 4.90 Å². The fourth-order valence-corrected chi connectivity index (χ4v) is 2.95. The molecule has 118 valence electrons. The first-order valence-electron chi connectivity index (χ1n) is 7.39. The zero-order valence-electron chi connectivity index (χ0n) is 12.4.